The maximum atomic E-state index is 14.6. The summed E-state index contributed by atoms with van der Waals surface area (Å²) in [5.41, 5.74) is 3.29. The largest absolute Gasteiger partial charge is 0.352 e. The number of anilines is 1. The summed E-state index contributed by atoms with van der Waals surface area (Å²) in [6.45, 7) is 6.74. The standard InChI is InChI=1S/C35H37Cl2N3O4S/c1-24(2)38-35(42)33(20-27-11-7-5-8-12-27)39(22-28-17-18-29(36)21-31(28)37)34(41)23-40(32-19-25(3)15-16-26(32)4)45(43,44)30-13-9-6-10-14-30/h5-19,21,24,33H,20,22-23H2,1-4H3,(H,38,42)/t33-/m0/s1. The van der Waals surface area contributed by atoms with Gasteiger partial charge in [-0.25, -0.2) is 8.42 Å². The number of halogens is 2. The number of carbonyl (C=O) groups is 2. The normalized spacial score (nSPS) is 12.1. The molecule has 0 saturated carbocycles. The molecular formula is C35H37Cl2N3O4S. The lowest BCUT2D eigenvalue weighted by molar-refractivity contribution is -0.140. The fraction of sp³-hybridized carbons (Fsp3) is 0.257. The average Bonchev–Trinajstić information content (AvgIpc) is 3.00. The molecule has 7 nitrogen and oxygen atoms in total. The number of hydrogen-bond donors (Lipinski definition) is 1. The van der Waals surface area contributed by atoms with E-state index in [9.17, 15) is 18.0 Å². The molecule has 0 aromatic heterocycles. The minimum atomic E-state index is -4.19. The van der Waals surface area contributed by atoms with Crippen LogP contribution in [0.3, 0.4) is 0 Å². The average molecular weight is 667 g/mol. The molecule has 236 valence electrons. The Bertz CT molecular complexity index is 1750. The Morgan fingerprint density at radius 1 is 0.844 bits per heavy atom. The Balaban J connectivity index is 1.85. The van der Waals surface area contributed by atoms with E-state index in [1.54, 1.807) is 49.4 Å². The van der Waals surface area contributed by atoms with Crippen molar-refractivity contribution in [2.45, 2.75) is 57.6 Å². The molecule has 0 aliphatic carbocycles. The fourth-order valence-electron chi connectivity index (χ4n) is 4.99. The number of aryl methyl sites for hydroxylation is 2. The summed E-state index contributed by atoms with van der Waals surface area (Å²) in [7, 11) is -4.19. The number of rotatable bonds is 12. The second-order valence-corrected chi connectivity index (χ2v) is 13.9. The Kier molecular flexibility index (Phi) is 11.3. The zero-order valence-electron chi connectivity index (χ0n) is 25.7. The number of amides is 2. The van der Waals surface area contributed by atoms with Crippen LogP contribution in [0.25, 0.3) is 0 Å². The van der Waals surface area contributed by atoms with Gasteiger partial charge in [0.2, 0.25) is 11.8 Å². The van der Waals surface area contributed by atoms with Crippen LogP contribution in [0.1, 0.15) is 36.1 Å². The second-order valence-electron chi connectivity index (χ2n) is 11.2. The van der Waals surface area contributed by atoms with Crippen LogP contribution in [0.5, 0.6) is 0 Å². The van der Waals surface area contributed by atoms with Gasteiger partial charge in [-0.05, 0) is 80.3 Å². The highest BCUT2D eigenvalue weighted by molar-refractivity contribution is 7.92. The monoisotopic (exact) mass is 665 g/mol. The zero-order valence-corrected chi connectivity index (χ0v) is 28.0. The molecule has 0 aliphatic heterocycles. The number of hydrogen-bond acceptors (Lipinski definition) is 4. The van der Waals surface area contributed by atoms with E-state index in [0.29, 0.717) is 26.9 Å². The molecule has 0 spiro atoms. The lowest BCUT2D eigenvalue weighted by Gasteiger charge is -2.34. The molecule has 1 N–H and O–H groups in total. The van der Waals surface area contributed by atoms with Crippen molar-refractivity contribution in [2.24, 2.45) is 0 Å². The molecule has 4 aromatic carbocycles. The van der Waals surface area contributed by atoms with E-state index >= 15 is 0 Å². The third kappa shape index (κ3) is 8.66. The van der Waals surface area contributed by atoms with Crippen LogP contribution in [0.2, 0.25) is 10.0 Å². The molecule has 0 aliphatic rings. The number of sulfonamides is 1. The fourth-order valence-corrected chi connectivity index (χ4v) is 6.95. The Hall–Kier alpha value is -3.85. The molecule has 4 rings (SSSR count). The van der Waals surface area contributed by atoms with Crippen molar-refractivity contribution in [1.29, 1.82) is 0 Å². The van der Waals surface area contributed by atoms with Crippen LogP contribution >= 0.6 is 23.2 Å². The molecule has 2 amide bonds. The molecule has 1 atom stereocenters. The van der Waals surface area contributed by atoms with Crippen molar-refractivity contribution in [3.63, 3.8) is 0 Å². The molecule has 0 unspecified atom stereocenters. The summed E-state index contributed by atoms with van der Waals surface area (Å²) < 4.78 is 29.5. The van der Waals surface area contributed by atoms with Crippen LogP contribution in [0.4, 0.5) is 5.69 Å². The zero-order chi connectivity index (χ0) is 32.7. The molecule has 0 bridgehead atoms. The lowest BCUT2D eigenvalue weighted by atomic mass is 10.0. The predicted molar refractivity (Wildman–Crippen MR) is 181 cm³/mol. The number of nitrogens with one attached hydrogen (secondary N) is 1. The van der Waals surface area contributed by atoms with Gasteiger partial charge in [0, 0.05) is 29.1 Å². The van der Waals surface area contributed by atoms with Crippen molar-refractivity contribution >= 4 is 50.7 Å². The van der Waals surface area contributed by atoms with Gasteiger partial charge < -0.3 is 10.2 Å². The van der Waals surface area contributed by atoms with E-state index in [2.05, 4.69) is 5.32 Å². The van der Waals surface area contributed by atoms with Gasteiger partial charge in [0.05, 0.1) is 10.6 Å². The van der Waals surface area contributed by atoms with Gasteiger partial charge in [-0.1, -0.05) is 89.9 Å². The van der Waals surface area contributed by atoms with E-state index in [1.165, 1.54) is 17.0 Å². The van der Waals surface area contributed by atoms with Gasteiger partial charge in [-0.2, -0.15) is 0 Å². The highest BCUT2D eigenvalue weighted by atomic mass is 35.5. The molecular weight excluding hydrogens is 629 g/mol. The van der Waals surface area contributed by atoms with Crippen LogP contribution < -0.4 is 9.62 Å². The van der Waals surface area contributed by atoms with Crippen LogP contribution in [-0.2, 0) is 32.6 Å². The van der Waals surface area contributed by atoms with Gasteiger partial charge in [-0.15, -0.1) is 0 Å². The molecule has 0 radical (unpaired) electrons. The Morgan fingerprint density at radius 3 is 2.11 bits per heavy atom. The van der Waals surface area contributed by atoms with Crippen LogP contribution in [-0.4, -0.2) is 43.8 Å². The van der Waals surface area contributed by atoms with Crippen molar-refractivity contribution < 1.29 is 18.0 Å². The molecule has 45 heavy (non-hydrogen) atoms. The topological polar surface area (TPSA) is 86.8 Å². The number of nitrogens with zero attached hydrogens (tertiary/aromatic N) is 2. The first-order valence-electron chi connectivity index (χ1n) is 14.6. The van der Waals surface area contributed by atoms with Crippen molar-refractivity contribution in [3.8, 4) is 0 Å². The molecule has 0 fully saturated rings. The summed E-state index contributed by atoms with van der Waals surface area (Å²) in [6, 6.07) is 26.6. The third-order valence-electron chi connectivity index (χ3n) is 7.30. The summed E-state index contributed by atoms with van der Waals surface area (Å²) in [6.07, 6.45) is 0.200. The quantitative estimate of drug-likeness (QED) is 0.177. The number of carbonyl (C=O) groups excluding carboxylic acids is 2. The van der Waals surface area contributed by atoms with Gasteiger partial charge in [-0.3, -0.25) is 13.9 Å². The smallest absolute Gasteiger partial charge is 0.264 e. The van der Waals surface area contributed by atoms with Crippen LogP contribution in [0, 0.1) is 13.8 Å². The first-order chi connectivity index (χ1) is 21.4. The Labute approximate surface area is 275 Å². The van der Waals surface area contributed by atoms with E-state index in [0.717, 1.165) is 15.4 Å². The third-order valence-corrected chi connectivity index (χ3v) is 9.66. The van der Waals surface area contributed by atoms with E-state index in [1.807, 2.05) is 63.2 Å². The van der Waals surface area contributed by atoms with Crippen molar-refractivity contribution in [3.05, 3.63) is 129 Å². The van der Waals surface area contributed by atoms with Crippen molar-refractivity contribution in [1.82, 2.24) is 10.2 Å². The van der Waals surface area contributed by atoms with E-state index in [-0.39, 0.29) is 29.8 Å². The van der Waals surface area contributed by atoms with Crippen LogP contribution in [0.15, 0.2) is 102 Å². The molecule has 0 heterocycles. The lowest BCUT2D eigenvalue weighted by Crippen LogP contribution is -2.54. The summed E-state index contributed by atoms with van der Waals surface area (Å²) >= 11 is 12.7. The minimum Gasteiger partial charge on any atom is -0.352 e. The predicted octanol–water partition coefficient (Wildman–Crippen LogP) is 6.97. The SMILES string of the molecule is Cc1ccc(C)c(N(CC(=O)N(Cc2ccc(Cl)cc2Cl)[C@@H](Cc2ccccc2)C(=O)NC(C)C)S(=O)(=O)c2ccccc2)c1. The first-order valence-corrected chi connectivity index (χ1v) is 16.8. The maximum absolute atomic E-state index is 14.6. The van der Waals surface area contributed by atoms with E-state index < -0.39 is 28.5 Å². The summed E-state index contributed by atoms with van der Waals surface area (Å²) in [5.74, 6) is -0.933. The maximum Gasteiger partial charge on any atom is 0.264 e. The highest BCUT2D eigenvalue weighted by Gasteiger charge is 2.35. The van der Waals surface area contributed by atoms with Gasteiger partial charge in [0.25, 0.3) is 10.0 Å². The summed E-state index contributed by atoms with van der Waals surface area (Å²) in [5, 5.41) is 3.70. The molecule has 0 saturated heterocycles. The first kappa shape index (κ1) is 34.0. The Morgan fingerprint density at radius 2 is 1.49 bits per heavy atom. The van der Waals surface area contributed by atoms with Gasteiger partial charge >= 0.3 is 0 Å². The number of benzene rings is 4. The van der Waals surface area contributed by atoms with Gasteiger partial charge in [0.15, 0.2) is 0 Å². The minimum absolute atomic E-state index is 0.0457. The molecule has 4 aromatic rings. The molecule has 10 heteroatoms. The highest BCUT2D eigenvalue weighted by Crippen LogP contribution is 2.29. The van der Waals surface area contributed by atoms with E-state index in [4.69, 9.17) is 23.2 Å². The van der Waals surface area contributed by atoms with Crippen molar-refractivity contribution in [2.75, 3.05) is 10.8 Å². The van der Waals surface area contributed by atoms with Gasteiger partial charge in [0.1, 0.15) is 12.6 Å². The second kappa shape index (κ2) is 15.0. The summed E-state index contributed by atoms with van der Waals surface area (Å²) in [4.78, 5) is 29.9.